The largest absolute Gasteiger partial charge is 0.465 e. The van der Waals surface area contributed by atoms with E-state index in [1.807, 2.05) is 19.1 Å². The molecule has 0 spiro atoms. The van der Waals surface area contributed by atoms with Crippen LogP contribution in [0, 0.1) is 12.8 Å². The van der Waals surface area contributed by atoms with Crippen LogP contribution in [0.2, 0.25) is 0 Å². The lowest BCUT2D eigenvalue weighted by atomic mass is 9.99. The molecule has 4 heterocycles. The Kier molecular flexibility index (Phi) is 4.37. The lowest BCUT2D eigenvalue weighted by Gasteiger charge is -2.32. The number of fused-ring (bicyclic) bond motifs is 1. The minimum absolute atomic E-state index is 0.0344. The van der Waals surface area contributed by atoms with Crippen molar-refractivity contribution < 1.29 is 4.42 Å². The van der Waals surface area contributed by atoms with Gasteiger partial charge in [-0.15, -0.1) is 0 Å². The molecule has 0 unspecified atom stereocenters. The molecule has 134 valence electrons. The summed E-state index contributed by atoms with van der Waals surface area (Å²) in [4.78, 5) is 24.8. The predicted molar refractivity (Wildman–Crippen MR) is 96.7 cm³/mol. The van der Waals surface area contributed by atoms with E-state index in [0.717, 1.165) is 80.1 Å². The summed E-state index contributed by atoms with van der Waals surface area (Å²) >= 11 is 0. The molecule has 2 aliphatic rings. The monoisotopic (exact) mass is 342 g/mol. The topological polar surface area (TPSA) is 65.4 Å². The van der Waals surface area contributed by atoms with Crippen molar-refractivity contribution in [3.05, 3.63) is 45.3 Å². The van der Waals surface area contributed by atoms with E-state index >= 15 is 0 Å². The van der Waals surface area contributed by atoms with Gasteiger partial charge in [0.15, 0.2) is 0 Å². The van der Waals surface area contributed by atoms with Gasteiger partial charge in [0.2, 0.25) is 5.95 Å². The first-order chi connectivity index (χ1) is 12.1. The molecule has 0 atom stereocenters. The van der Waals surface area contributed by atoms with Crippen LogP contribution in [0.25, 0.3) is 0 Å². The Morgan fingerprint density at radius 3 is 2.80 bits per heavy atom. The van der Waals surface area contributed by atoms with Gasteiger partial charge in [-0.2, -0.15) is 0 Å². The second-order valence-electron chi connectivity index (χ2n) is 7.46. The van der Waals surface area contributed by atoms with Crippen LogP contribution in [0.5, 0.6) is 0 Å². The predicted octanol–water partition coefficient (Wildman–Crippen LogP) is 2.47. The summed E-state index contributed by atoms with van der Waals surface area (Å²) in [6.07, 6.45) is 3.06. The molecule has 0 aromatic carbocycles. The molecule has 25 heavy (non-hydrogen) atoms. The van der Waals surface area contributed by atoms with Crippen LogP contribution >= 0.6 is 0 Å². The summed E-state index contributed by atoms with van der Waals surface area (Å²) in [5.41, 5.74) is 1.81. The van der Waals surface area contributed by atoms with Crippen molar-refractivity contribution in [3.8, 4) is 0 Å². The number of aryl methyl sites for hydroxylation is 1. The molecule has 0 amide bonds. The van der Waals surface area contributed by atoms with E-state index < -0.39 is 0 Å². The number of furan rings is 1. The van der Waals surface area contributed by atoms with E-state index in [1.54, 1.807) is 0 Å². The maximum atomic E-state index is 12.5. The highest BCUT2D eigenvalue weighted by molar-refractivity contribution is 5.34. The molecule has 1 fully saturated rings. The number of anilines is 1. The fraction of sp³-hybridized carbons (Fsp3) is 0.579. The van der Waals surface area contributed by atoms with E-state index in [2.05, 4.69) is 21.7 Å². The van der Waals surface area contributed by atoms with Gasteiger partial charge < -0.3 is 9.32 Å². The molecule has 2 aromatic heterocycles. The Morgan fingerprint density at radius 1 is 1.28 bits per heavy atom. The summed E-state index contributed by atoms with van der Waals surface area (Å²) < 4.78 is 5.69. The molecular weight excluding hydrogens is 316 g/mol. The van der Waals surface area contributed by atoms with Crippen molar-refractivity contribution >= 4 is 5.95 Å². The molecule has 0 radical (unpaired) electrons. The van der Waals surface area contributed by atoms with Crippen LogP contribution < -0.4 is 10.5 Å². The molecule has 6 heteroatoms. The Balaban J connectivity index is 1.53. The van der Waals surface area contributed by atoms with Crippen LogP contribution in [0.15, 0.2) is 21.3 Å². The number of aromatic nitrogens is 2. The van der Waals surface area contributed by atoms with Crippen LogP contribution in [0.1, 0.15) is 42.5 Å². The minimum Gasteiger partial charge on any atom is -0.465 e. The first-order valence-corrected chi connectivity index (χ1v) is 9.23. The summed E-state index contributed by atoms with van der Waals surface area (Å²) in [5, 5.41) is 0. The van der Waals surface area contributed by atoms with Crippen LogP contribution in [-0.2, 0) is 19.5 Å². The van der Waals surface area contributed by atoms with Crippen LogP contribution in [0.3, 0.4) is 0 Å². The third-order valence-corrected chi connectivity index (χ3v) is 5.40. The molecule has 2 aliphatic heterocycles. The van der Waals surface area contributed by atoms with Gasteiger partial charge in [0.05, 0.1) is 12.2 Å². The Morgan fingerprint density at radius 2 is 2.08 bits per heavy atom. The molecule has 6 nitrogen and oxygen atoms in total. The third kappa shape index (κ3) is 3.49. The lowest BCUT2D eigenvalue weighted by Crippen LogP contribution is -2.39. The number of piperidine rings is 1. The maximum absolute atomic E-state index is 12.5. The van der Waals surface area contributed by atoms with E-state index in [0.29, 0.717) is 6.54 Å². The third-order valence-electron chi connectivity index (χ3n) is 5.40. The lowest BCUT2D eigenvalue weighted by molar-refractivity contribution is 0.220. The molecule has 1 N–H and O–H groups in total. The van der Waals surface area contributed by atoms with Gasteiger partial charge in [-0.05, 0) is 44.2 Å². The van der Waals surface area contributed by atoms with Gasteiger partial charge in [0, 0.05) is 31.7 Å². The van der Waals surface area contributed by atoms with Gasteiger partial charge in [-0.3, -0.25) is 14.7 Å². The number of rotatable bonds is 3. The van der Waals surface area contributed by atoms with Crippen molar-refractivity contribution in [1.29, 1.82) is 0 Å². The zero-order valence-corrected chi connectivity index (χ0v) is 15.0. The quantitative estimate of drug-likeness (QED) is 0.928. The van der Waals surface area contributed by atoms with Gasteiger partial charge >= 0.3 is 0 Å². The van der Waals surface area contributed by atoms with Crippen molar-refractivity contribution in [2.24, 2.45) is 5.92 Å². The number of nitrogens with one attached hydrogen (secondary N) is 1. The number of hydrogen-bond donors (Lipinski definition) is 1. The maximum Gasteiger partial charge on any atom is 0.255 e. The number of H-pyrrole nitrogens is 1. The summed E-state index contributed by atoms with van der Waals surface area (Å²) in [6, 6.07) is 4.02. The standard InChI is InChI=1S/C19H26N4O2/c1-13-5-9-23(10-6-13)19-20-17-12-22(8-7-16(17)18(24)21-19)11-15-4-3-14(2)25-15/h3-4,13H,5-12H2,1-2H3,(H,20,21,24). The first-order valence-electron chi connectivity index (χ1n) is 9.23. The summed E-state index contributed by atoms with van der Waals surface area (Å²) in [5.74, 6) is 3.40. The SMILES string of the molecule is Cc1ccc(CN2CCc3c(nc(N4CCC(C)CC4)[nH]c3=O)C2)o1. The second-order valence-corrected chi connectivity index (χ2v) is 7.46. The highest BCUT2D eigenvalue weighted by Crippen LogP contribution is 2.22. The smallest absolute Gasteiger partial charge is 0.255 e. The number of hydrogen-bond acceptors (Lipinski definition) is 5. The molecule has 0 aliphatic carbocycles. The number of aromatic amines is 1. The fourth-order valence-corrected chi connectivity index (χ4v) is 3.78. The Bertz CT molecular complexity index is 802. The summed E-state index contributed by atoms with van der Waals surface area (Å²) in [7, 11) is 0. The van der Waals surface area contributed by atoms with Crippen molar-refractivity contribution in [2.45, 2.75) is 46.2 Å². The Hall–Kier alpha value is -2.08. The van der Waals surface area contributed by atoms with E-state index in [1.165, 1.54) is 0 Å². The Labute approximate surface area is 147 Å². The van der Waals surface area contributed by atoms with Crippen LogP contribution in [0.4, 0.5) is 5.95 Å². The normalized spacial score (nSPS) is 19.2. The molecule has 4 rings (SSSR count). The second kappa shape index (κ2) is 6.67. The fourth-order valence-electron chi connectivity index (χ4n) is 3.78. The van der Waals surface area contributed by atoms with Crippen molar-refractivity contribution in [2.75, 3.05) is 24.5 Å². The van der Waals surface area contributed by atoms with Gasteiger partial charge in [0.1, 0.15) is 11.5 Å². The zero-order valence-electron chi connectivity index (χ0n) is 15.0. The molecule has 2 aromatic rings. The average molecular weight is 342 g/mol. The van der Waals surface area contributed by atoms with E-state index in [9.17, 15) is 4.79 Å². The van der Waals surface area contributed by atoms with Gasteiger partial charge in [-0.25, -0.2) is 4.98 Å². The minimum atomic E-state index is 0.0344. The highest BCUT2D eigenvalue weighted by Gasteiger charge is 2.24. The average Bonchev–Trinajstić information content (AvgIpc) is 3.00. The van der Waals surface area contributed by atoms with E-state index in [-0.39, 0.29) is 5.56 Å². The van der Waals surface area contributed by atoms with Crippen LogP contribution in [-0.4, -0.2) is 34.5 Å². The molecule has 1 saturated heterocycles. The number of nitrogens with zero attached hydrogens (tertiary/aromatic N) is 3. The van der Waals surface area contributed by atoms with E-state index in [4.69, 9.17) is 9.40 Å². The summed E-state index contributed by atoms with van der Waals surface area (Å²) in [6.45, 7) is 8.51. The molecule has 0 saturated carbocycles. The molecule has 0 bridgehead atoms. The van der Waals surface area contributed by atoms with Gasteiger partial charge in [0.25, 0.3) is 5.56 Å². The van der Waals surface area contributed by atoms with Crippen molar-refractivity contribution in [1.82, 2.24) is 14.9 Å². The first kappa shape index (κ1) is 16.4. The highest BCUT2D eigenvalue weighted by atomic mass is 16.3. The van der Waals surface area contributed by atoms with Gasteiger partial charge in [-0.1, -0.05) is 6.92 Å². The van der Waals surface area contributed by atoms with Crippen molar-refractivity contribution in [3.63, 3.8) is 0 Å². The zero-order chi connectivity index (χ0) is 17.4. The molecular formula is C19H26N4O2.